The predicted octanol–water partition coefficient (Wildman–Crippen LogP) is 0.347. The van der Waals surface area contributed by atoms with Gasteiger partial charge in [-0.3, -0.25) is 4.90 Å². The number of benzene rings is 1. The van der Waals surface area contributed by atoms with Gasteiger partial charge < -0.3 is 9.47 Å². The molecule has 1 aromatic carbocycles. The molecule has 0 amide bonds. The van der Waals surface area contributed by atoms with Gasteiger partial charge in [0.2, 0.25) is 10.0 Å². The molecule has 1 aliphatic rings. The molecule has 0 bridgehead atoms. The van der Waals surface area contributed by atoms with Crippen LogP contribution in [0.25, 0.3) is 0 Å². The third-order valence-corrected chi connectivity index (χ3v) is 5.58. The molecule has 1 aliphatic heterocycles. The second-order valence-electron chi connectivity index (χ2n) is 6.22. The van der Waals surface area contributed by atoms with Gasteiger partial charge in [-0.25, -0.2) is 13.6 Å². The summed E-state index contributed by atoms with van der Waals surface area (Å²) in [5.74, 6) is 1.94. The van der Waals surface area contributed by atoms with Crippen LogP contribution in [-0.4, -0.2) is 54.3 Å². The Morgan fingerprint density at radius 2 is 1.72 bits per heavy atom. The van der Waals surface area contributed by atoms with Gasteiger partial charge in [0.25, 0.3) is 0 Å². The van der Waals surface area contributed by atoms with Crippen molar-refractivity contribution in [2.75, 3.05) is 31.1 Å². The predicted molar refractivity (Wildman–Crippen MR) is 95.7 cm³/mol. The Bertz CT molecular complexity index is 840. The number of aromatic nitrogens is 3. The van der Waals surface area contributed by atoms with E-state index in [1.807, 2.05) is 23.7 Å². The maximum Gasteiger partial charge on any atom is 0.240 e. The molecule has 0 saturated carbocycles. The van der Waals surface area contributed by atoms with Crippen LogP contribution < -0.4 is 10.0 Å². The molecule has 136 valence electrons. The van der Waals surface area contributed by atoms with Crippen molar-refractivity contribution in [2.45, 2.75) is 24.8 Å². The Morgan fingerprint density at radius 3 is 2.32 bits per heavy atom. The molecule has 25 heavy (non-hydrogen) atoms. The maximum atomic E-state index is 11.8. The van der Waals surface area contributed by atoms with Crippen molar-refractivity contribution in [2.24, 2.45) is 12.2 Å². The lowest BCUT2D eigenvalue weighted by molar-refractivity contribution is 0.241. The average Bonchev–Trinajstić information content (AvgIpc) is 2.95. The molecule has 3 rings (SSSR count). The van der Waals surface area contributed by atoms with Crippen molar-refractivity contribution in [3.63, 3.8) is 0 Å². The van der Waals surface area contributed by atoms with E-state index in [1.54, 1.807) is 12.1 Å². The Hall–Kier alpha value is -1.97. The first-order valence-corrected chi connectivity index (χ1v) is 9.91. The molecule has 2 heterocycles. The average molecular weight is 364 g/mol. The second kappa shape index (κ2) is 7.11. The van der Waals surface area contributed by atoms with E-state index in [0.29, 0.717) is 5.69 Å². The first kappa shape index (κ1) is 17.8. The van der Waals surface area contributed by atoms with Crippen LogP contribution in [0.4, 0.5) is 5.69 Å². The number of hydrogen-bond donors (Lipinski definition) is 1. The topological polar surface area (TPSA) is 97.3 Å². The molecule has 0 radical (unpaired) electrons. The van der Waals surface area contributed by atoms with Gasteiger partial charge in [-0.15, -0.1) is 10.2 Å². The van der Waals surface area contributed by atoms with E-state index >= 15 is 0 Å². The molecule has 0 unspecified atom stereocenters. The minimum Gasteiger partial charge on any atom is -0.368 e. The smallest absolute Gasteiger partial charge is 0.240 e. The summed E-state index contributed by atoms with van der Waals surface area (Å²) in [4.78, 5) is 4.56. The number of piperazine rings is 1. The monoisotopic (exact) mass is 364 g/mol. The van der Waals surface area contributed by atoms with Gasteiger partial charge in [0.05, 0.1) is 12.2 Å². The van der Waals surface area contributed by atoms with Gasteiger partial charge in [0, 0.05) is 39.6 Å². The van der Waals surface area contributed by atoms with Crippen molar-refractivity contribution in [3.05, 3.63) is 35.9 Å². The van der Waals surface area contributed by atoms with Gasteiger partial charge in [0.1, 0.15) is 16.5 Å². The lowest BCUT2D eigenvalue weighted by Gasteiger charge is -2.36. The Morgan fingerprint density at radius 1 is 1.08 bits per heavy atom. The number of aryl methyl sites for hydroxylation is 1. The number of para-hydroxylation sites is 1. The molecule has 9 heteroatoms. The van der Waals surface area contributed by atoms with Crippen molar-refractivity contribution in [1.29, 1.82) is 0 Å². The number of hydrogen-bond acceptors (Lipinski definition) is 6. The third kappa shape index (κ3) is 3.83. The number of rotatable bonds is 5. The number of nitrogens with two attached hydrogens (primary N) is 1. The van der Waals surface area contributed by atoms with Crippen molar-refractivity contribution >= 4 is 15.7 Å². The molecular formula is C16H24N6O2S. The number of sulfonamides is 1. The summed E-state index contributed by atoms with van der Waals surface area (Å²) in [6.45, 7) is 5.94. The van der Waals surface area contributed by atoms with Crippen LogP contribution in [0.15, 0.2) is 29.2 Å². The zero-order valence-corrected chi connectivity index (χ0v) is 15.4. The summed E-state index contributed by atoms with van der Waals surface area (Å²) in [5.41, 5.74) is 0.677. The molecule has 1 aromatic heterocycles. The molecule has 0 atom stereocenters. The first-order chi connectivity index (χ1) is 11.9. The normalized spacial score (nSPS) is 16.4. The van der Waals surface area contributed by atoms with Crippen molar-refractivity contribution < 1.29 is 8.42 Å². The van der Waals surface area contributed by atoms with E-state index in [0.717, 1.165) is 50.8 Å². The van der Waals surface area contributed by atoms with Gasteiger partial charge in [-0.05, 0) is 12.1 Å². The van der Waals surface area contributed by atoms with Crippen molar-refractivity contribution in [1.82, 2.24) is 19.7 Å². The summed E-state index contributed by atoms with van der Waals surface area (Å²) in [6, 6.07) is 6.90. The summed E-state index contributed by atoms with van der Waals surface area (Å²) in [7, 11) is -1.73. The standard InChI is InChI=1S/C16H24N6O2S/c1-3-15-18-19-16(20(15)2)12-21-8-10-22(11-9-21)13-6-4-5-7-14(13)25(17,23)24/h4-7H,3,8-12H2,1-2H3,(H2,17,23,24). The quantitative estimate of drug-likeness (QED) is 0.822. The largest absolute Gasteiger partial charge is 0.368 e. The number of anilines is 1. The van der Waals surface area contributed by atoms with Gasteiger partial charge in [-0.1, -0.05) is 19.1 Å². The summed E-state index contributed by atoms with van der Waals surface area (Å²) in [6.07, 6.45) is 0.863. The van der Waals surface area contributed by atoms with Crippen LogP contribution >= 0.6 is 0 Å². The van der Waals surface area contributed by atoms with Crippen LogP contribution in [0.2, 0.25) is 0 Å². The zero-order chi connectivity index (χ0) is 18.0. The van der Waals surface area contributed by atoms with Crippen molar-refractivity contribution in [3.8, 4) is 0 Å². The highest BCUT2D eigenvalue weighted by Gasteiger charge is 2.23. The number of nitrogens with zero attached hydrogens (tertiary/aromatic N) is 5. The SMILES string of the molecule is CCc1nnc(CN2CCN(c3ccccc3S(N)(=O)=O)CC2)n1C. The van der Waals surface area contributed by atoms with Crippen LogP contribution in [0.3, 0.4) is 0 Å². The zero-order valence-electron chi connectivity index (χ0n) is 14.6. The lowest BCUT2D eigenvalue weighted by Crippen LogP contribution is -2.46. The highest BCUT2D eigenvalue weighted by Crippen LogP contribution is 2.25. The minimum atomic E-state index is -3.73. The molecular weight excluding hydrogens is 340 g/mol. The van der Waals surface area contributed by atoms with E-state index in [-0.39, 0.29) is 4.90 Å². The molecule has 0 spiro atoms. The Labute approximate surface area is 148 Å². The van der Waals surface area contributed by atoms with E-state index in [4.69, 9.17) is 5.14 Å². The van der Waals surface area contributed by atoms with E-state index in [1.165, 1.54) is 0 Å². The van der Waals surface area contributed by atoms with Crippen LogP contribution in [-0.2, 0) is 30.0 Å². The second-order valence-corrected chi connectivity index (χ2v) is 7.75. The third-order valence-electron chi connectivity index (χ3n) is 4.62. The Balaban J connectivity index is 1.67. The fraction of sp³-hybridized carbons (Fsp3) is 0.500. The minimum absolute atomic E-state index is 0.185. The molecule has 1 fully saturated rings. The van der Waals surface area contributed by atoms with Crippen LogP contribution in [0, 0.1) is 0 Å². The fourth-order valence-electron chi connectivity index (χ4n) is 3.15. The molecule has 8 nitrogen and oxygen atoms in total. The molecule has 2 N–H and O–H groups in total. The summed E-state index contributed by atoms with van der Waals surface area (Å²) >= 11 is 0. The Kier molecular flexibility index (Phi) is 5.07. The van der Waals surface area contributed by atoms with Crippen LogP contribution in [0.5, 0.6) is 0 Å². The molecule has 1 saturated heterocycles. The molecule has 0 aliphatic carbocycles. The highest BCUT2D eigenvalue weighted by atomic mass is 32.2. The van der Waals surface area contributed by atoms with E-state index in [9.17, 15) is 8.42 Å². The molecule has 2 aromatic rings. The maximum absolute atomic E-state index is 11.8. The van der Waals surface area contributed by atoms with Gasteiger partial charge in [0.15, 0.2) is 0 Å². The highest BCUT2D eigenvalue weighted by molar-refractivity contribution is 7.89. The summed E-state index contributed by atoms with van der Waals surface area (Å²) < 4.78 is 25.6. The van der Waals surface area contributed by atoms with Gasteiger partial charge in [-0.2, -0.15) is 0 Å². The first-order valence-electron chi connectivity index (χ1n) is 8.36. The lowest BCUT2D eigenvalue weighted by atomic mass is 10.2. The van der Waals surface area contributed by atoms with Gasteiger partial charge >= 0.3 is 0 Å². The van der Waals surface area contributed by atoms with Crippen LogP contribution in [0.1, 0.15) is 18.6 Å². The fourth-order valence-corrected chi connectivity index (χ4v) is 3.91. The van der Waals surface area contributed by atoms with E-state index in [2.05, 4.69) is 26.9 Å². The summed E-state index contributed by atoms with van der Waals surface area (Å²) in [5, 5.41) is 13.8. The number of primary sulfonamides is 1. The van der Waals surface area contributed by atoms with E-state index < -0.39 is 10.0 Å².